The third-order valence-electron chi connectivity index (χ3n) is 7.23. The minimum atomic E-state index is -1.71. The van der Waals surface area contributed by atoms with Crippen LogP contribution in [0.25, 0.3) is 0 Å². The molecule has 2 aliphatic heterocycles. The third kappa shape index (κ3) is 3.84. The van der Waals surface area contributed by atoms with E-state index in [2.05, 4.69) is 9.97 Å². The lowest BCUT2D eigenvalue weighted by Crippen LogP contribution is -2.75. The summed E-state index contributed by atoms with van der Waals surface area (Å²) in [5.74, 6) is -1.93. The number of nitrogens with zero attached hydrogens (tertiary/aromatic N) is 4. The Morgan fingerprint density at radius 2 is 1.31 bits per heavy atom. The first-order valence-electron chi connectivity index (χ1n) is 11.3. The Hall–Kier alpha value is -2.47. The lowest BCUT2D eigenvalue weighted by Gasteiger charge is -2.60. The summed E-state index contributed by atoms with van der Waals surface area (Å²) in [6.45, 7) is 0.144. The number of hydrogen-bond acceptors (Lipinski definition) is 11. The highest BCUT2D eigenvalue weighted by Crippen LogP contribution is 2.60. The largest absolute Gasteiger partial charge is 0.468 e. The topological polar surface area (TPSA) is 102 Å². The minimum absolute atomic E-state index is 0.0719. The summed E-state index contributed by atoms with van der Waals surface area (Å²) in [4.78, 5) is 56.8. The van der Waals surface area contributed by atoms with Gasteiger partial charge in [-0.2, -0.15) is 0 Å². The molecule has 9 nitrogen and oxygen atoms in total. The van der Waals surface area contributed by atoms with Crippen LogP contribution < -0.4 is 0 Å². The predicted molar refractivity (Wildman–Crippen MR) is 137 cm³/mol. The molecular weight excluding hydrogens is 500 g/mol. The minimum Gasteiger partial charge on any atom is -0.468 e. The van der Waals surface area contributed by atoms with Crippen molar-refractivity contribution >= 4 is 41.2 Å². The van der Waals surface area contributed by atoms with Crippen LogP contribution in [0, 0.1) is 10.8 Å². The molecule has 0 N–H and O–H groups in total. The van der Waals surface area contributed by atoms with Crippen molar-refractivity contribution in [3.63, 3.8) is 0 Å². The predicted octanol–water partition coefficient (Wildman–Crippen LogP) is 2.48. The second-order valence-corrected chi connectivity index (χ2v) is 10.9. The molecule has 2 unspecified atom stereocenters. The second kappa shape index (κ2) is 10.1. The summed E-state index contributed by atoms with van der Waals surface area (Å²) in [5.41, 5.74) is -2.32. The van der Waals surface area contributed by atoms with Crippen LogP contribution >= 0.6 is 23.5 Å². The maximum atomic E-state index is 14.7. The van der Waals surface area contributed by atoms with Crippen molar-refractivity contribution in [3.8, 4) is 0 Å². The van der Waals surface area contributed by atoms with Gasteiger partial charge < -0.3 is 14.4 Å². The van der Waals surface area contributed by atoms with E-state index in [-0.39, 0.29) is 13.1 Å². The van der Waals surface area contributed by atoms with E-state index in [1.807, 2.05) is 53.6 Å². The Kier molecular flexibility index (Phi) is 7.47. The molecule has 0 amide bonds. The third-order valence-corrected chi connectivity index (χ3v) is 8.68. The van der Waals surface area contributed by atoms with E-state index in [0.717, 1.165) is 9.79 Å². The van der Waals surface area contributed by atoms with Gasteiger partial charge in [0.2, 0.25) is 0 Å². The number of esters is 2. The fourth-order valence-electron chi connectivity index (χ4n) is 5.95. The Labute approximate surface area is 219 Å². The van der Waals surface area contributed by atoms with Crippen LogP contribution in [0.4, 0.5) is 0 Å². The summed E-state index contributed by atoms with van der Waals surface area (Å²) in [5, 5.41) is 0. The zero-order valence-electron chi connectivity index (χ0n) is 21.2. The highest BCUT2D eigenvalue weighted by Gasteiger charge is 2.75. The van der Waals surface area contributed by atoms with Crippen molar-refractivity contribution in [1.29, 1.82) is 0 Å². The summed E-state index contributed by atoms with van der Waals surface area (Å²) < 4.78 is 10.5. The molecule has 36 heavy (non-hydrogen) atoms. The number of methoxy groups -OCH3 is 2. The molecule has 0 aromatic carbocycles. The highest BCUT2D eigenvalue weighted by molar-refractivity contribution is 7.98. The Morgan fingerprint density at radius 1 is 0.889 bits per heavy atom. The number of ketones is 1. The number of piperidine rings is 2. The molecule has 2 aromatic heterocycles. The van der Waals surface area contributed by atoms with E-state index in [4.69, 9.17) is 9.47 Å². The Balaban J connectivity index is 2.08. The fraction of sp³-hybridized carbons (Fsp3) is 0.480. The number of aromatic nitrogens is 2. The monoisotopic (exact) mass is 530 g/mol. The molecule has 2 aliphatic rings. The SMILES string of the molecule is COC(=O)C12CN(C)CC(C(=O)OC)(C1=O)[C@@H](c1cc(SC)ccn1)N(C)[C@H]2c1cc(SC)ccn1. The number of carbonyl (C=O) groups excluding carboxylic acids is 3. The maximum Gasteiger partial charge on any atom is 0.322 e. The summed E-state index contributed by atoms with van der Waals surface area (Å²) >= 11 is 3.07. The number of thioether (sulfide) groups is 2. The van der Waals surface area contributed by atoms with Crippen LogP contribution in [0.1, 0.15) is 23.5 Å². The number of ether oxygens (including phenoxy) is 2. The van der Waals surface area contributed by atoms with Gasteiger partial charge in [0, 0.05) is 35.3 Å². The van der Waals surface area contributed by atoms with E-state index < -0.39 is 40.6 Å². The molecule has 2 fully saturated rings. The molecule has 2 aromatic rings. The average molecular weight is 531 g/mol. The quantitative estimate of drug-likeness (QED) is 0.313. The van der Waals surface area contributed by atoms with E-state index in [1.54, 1.807) is 19.4 Å². The average Bonchev–Trinajstić information content (AvgIpc) is 2.89. The van der Waals surface area contributed by atoms with E-state index >= 15 is 0 Å². The first-order valence-corrected chi connectivity index (χ1v) is 13.8. The number of Topliss-reactive ketones (excluding diaryl/α,β-unsaturated/α-hetero) is 1. The van der Waals surface area contributed by atoms with E-state index in [1.165, 1.54) is 37.7 Å². The lowest BCUT2D eigenvalue weighted by atomic mass is 9.54. The van der Waals surface area contributed by atoms with Crippen molar-refractivity contribution in [2.24, 2.45) is 10.8 Å². The first-order chi connectivity index (χ1) is 17.2. The number of hydrogen-bond donors (Lipinski definition) is 0. The van der Waals surface area contributed by atoms with Crippen LogP contribution in [-0.4, -0.2) is 91.4 Å². The van der Waals surface area contributed by atoms with Gasteiger partial charge in [-0.05, 0) is 50.9 Å². The van der Waals surface area contributed by atoms with Crippen LogP contribution in [0.5, 0.6) is 0 Å². The van der Waals surface area contributed by atoms with E-state index in [0.29, 0.717) is 11.4 Å². The summed E-state index contributed by atoms with van der Waals surface area (Å²) in [6, 6.07) is 5.88. The second-order valence-electron chi connectivity index (χ2n) is 9.14. The molecule has 0 spiro atoms. The van der Waals surface area contributed by atoms with Crippen LogP contribution in [0.3, 0.4) is 0 Å². The number of rotatable bonds is 6. The zero-order chi connectivity index (χ0) is 26.3. The molecule has 192 valence electrons. The van der Waals surface area contributed by atoms with Gasteiger partial charge >= 0.3 is 11.9 Å². The van der Waals surface area contributed by atoms with Gasteiger partial charge in [-0.15, -0.1) is 23.5 Å². The van der Waals surface area contributed by atoms with E-state index in [9.17, 15) is 14.4 Å². The molecule has 0 aliphatic carbocycles. The number of fused-ring (bicyclic) bond motifs is 2. The first kappa shape index (κ1) is 26.6. The highest BCUT2D eigenvalue weighted by atomic mass is 32.2. The van der Waals surface area contributed by atoms with Crippen molar-refractivity contribution in [2.75, 3.05) is 53.9 Å². The molecule has 4 atom stereocenters. The molecule has 4 rings (SSSR count). The molecule has 2 saturated heterocycles. The van der Waals surface area contributed by atoms with Gasteiger partial charge in [-0.1, -0.05) is 0 Å². The smallest absolute Gasteiger partial charge is 0.322 e. The molecule has 4 heterocycles. The number of carbonyl (C=O) groups is 3. The van der Waals surface area contributed by atoms with Gasteiger partial charge in [-0.25, -0.2) is 0 Å². The number of pyridine rings is 2. The van der Waals surface area contributed by atoms with Crippen LogP contribution in [0.15, 0.2) is 46.5 Å². The summed E-state index contributed by atoms with van der Waals surface area (Å²) in [7, 11) is 6.12. The van der Waals surface area contributed by atoms with Gasteiger partial charge in [0.05, 0.1) is 37.7 Å². The normalized spacial score (nSPS) is 28.6. The van der Waals surface area contributed by atoms with Crippen molar-refractivity contribution in [3.05, 3.63) is 48.0 Å². The molecule has 2 bridgehead atoms. The molecular formula is C25H30N4O5S2. The fourth-order valence-corrected chi connectivity index (χ4v) is 6.82. The van der Waals surface area contributed by atoms with Gasteiger partial charge in [0.1, 0.15) is 0 Å². The van der Waals surface area contributed by atoms with Gasteiger partial charge in [-0.3, -0.25) is 29.3 Å². The lowest BCUT2D eigenvalue weighted by molar-refractivity contribution is -0.202. The Bertz CT molecular complexity index is 1110. The standard InChI is InChI=1S/C25H30N4O5S2/c1-28-13-24(22(31)33-3)19(17-11-15(35-5)7-9-26-17)29(2)20(18-12-16(36-6)8-10-27-18)25(14-28,21(24)30)23(32)34-4/h7-12,19-20H,13-14H2,1-6H3/t19-,20+,24?,25?. The van der Waals surface area contributed by atoms with Crippen molar-refractivity contribution in [2.45, 2.75) is 21.9 Å². The van der Waals surface area contributed by atoms with Gasteiger partial charge in [0.15, 0.2) is 16.6 Å². The molecule has 0 radical (unpaired) electrons. The van der Waals surface area contributed by atoms with Crippen molar-refractivity contribution < 1.29 is 23.9 Å². The number of likely N-dealkylation sites (tertiary alicyclic amines) is 2. The molecule has 0 saturated carbocycles. The molecule has 11 heteroatoms. The van der Waals surface area contributed by atoms with Gasteiger partial charge in [0.25, 0.3) is 0 Å². The van der Waals surface area contributed by atoms with Crippen LogP contribution in [-0.2, 0) is 23.9 Å². The van der Waals surface area contributed by atoms with Crippen molar-refractivity contribution in [1.82, 2.24) is 19.8 Å². The van der Waals surface area contributed by atoms with Crippen LogP contribution in [0.2, 0.25) is 0 Å². The Morgan fingerprint density at radius 3 is 1.67 bits per heavy atom. The zero-order valence-corrected chi connectivity index (χ0v) is 22.8. The maximum absolute atomic E-state index is 14.7. The summed E-state index contributed by atoms with van der Waals surface area (Å²) in [6.07, 6.45) is 7.23.